The molecule has 0 fully saturated rings. The summed E-state index contributed by atoms with van der Waals surface area (Å²) in [5.41, 5.74) is 1.11. The van der Waals surface area contributed by atoms with Gasteiger partial charge in [0.15, 0.2) is 0 Å². The van der Waals surface area contributed by atoms with E-state index in [1.165, 1.54) is 12.8 Å². The van der Waals surface area contributed by atoms with E-state index < -0.39 is 0 Å². The average Bonchev–Trinajstić information content (AvgIpc) is 2.28. The fourth-order valence-corrected chi connectivity index (χ4v) is 1.69. The second-order valence-electron chi connectivity index (χ2n) is 4.18. The molecule has 0 radical (unpaired) electrons. The SMILES string of the molecule is CCCOc1ccccc1NC(C)CCC. The van der Waals surface area contributed by atoms with Crippen LogP contribution >= 0.6 is 0 Å². The van der Waals surface area contributed by atoms with Crippen LogP contribution in [-0.4, -0.2) is 12.6 Å². The van der Waals surface area contributed by atoms with Crippen molar-refractivity contribution in [1.29, 1.82) is 0 Å². The van der Waals surface area contributed by atoms with Crippen LogP contribution in [0.25, 0.3) is 0 Å². The molecule has 0 aliphatic carbocycles. The summed E-state index contributed by atoms with van der Waals surface area (Å²) < 4.78 is 5.70. The minimum atomic E-state index is 0.497. The Morgan fingerprint density at radius 1 is 1.19 bits per heavy atom. The number of nitrogens with one attached hydrogen (secondary N) is 1. The van der Waals surface area contributed by atoms with Gasteiger partial charge in [0.05, 0.1) is 12.3 Å². The van der Waals surface area contributed by atoms with Crippen LogP contribution in [0.15, 0.2) is 24.3 Å². The van der Waals surface area contributed by atoms with Crippen molar-refractivity contribution in [2.75, 3.05) is 11.9 Å². The highest BCUT2D eigenvalue weighted by Crippen LogP contribution is 2.25. The Bertz CT molecular complexity index is 299. The molecular weight excluding hydrogens is 198 g/mol. The normalized spacial score (nSPS) is 12.2. The highest BCUT2D eigenvalue weighted by Gasteiger charge is 2.05. The van der Waals surface area contributed by atoms with Gasteiger partial charge in [-0.25, -0.2) is 0 Å². The van der Waals surface area contributed by atoms with Gasteiger partial charge in [-0.3, -0.25) is 0 Å². The number of hydrogen-bond donors (Lipinski definition) is 1. The molecule has 1 unspecified atom stereocenters. The predicted molar refractivity (Wildman–Crippen MR) is 70.2 cm³/mol. The molecule has 1 rings (SSSR count). The molecule has 0 saturated carbocycles. The molecule has 0 saturated heterocycles. The Hall–Kier alpha value is -1.18. The summed E-state index contributed by atoms with van der Waals surface area (Å²) >= 11 is 0. The molecule has 1 N–H and O–H groups in total. The van der Waals surface area contributed by atoms with Gasteiger partial charge in [-0.15, -0.1) is 0 Å². The Morgan fingerprint density at radius 3 is 2.62 bits per heavy atom. The Balaban J connectivity index is 2.62. The molecule has 0 bridgehead atoms. The number of benzene rings is 1. The third-order valence-corrected chi connectivity index (χ3v) is 2.47. The first kappa shape index (κ1) is 12.9. The number of para-hydroxylation sites is 2. The summed E-state index contributed by atoms with van der Waals surface area (Å²) in [6.07, 6.45) is 3.42. The Morgan fingerprint density at radius 2 is 1.94 bits per heavy atom. The minimum absolute atomic E-state index is 0.497. The summed E-state index contributed by atoms with van der Waals surface area (Å²) in [7, 11) is 0. The fraction of sp³-hybridized carbons (Fsp3) is 0.571. The van der Waals surface area contributed by atoms with E-state index in [2.05, 4.69) is 32.2 Å². The lowest BCUT2D eigenvalue weighted by molar-refractivity contribution is 0.318. The second kappa shape index (κ2) is 7.15. The zero-order valence-corrected chi connectivity index (χ0v) is 10.6. The maximum atomic E-state index is 5.70. The lowest BCUT2D eigenvalue weighted by Crippen LogP contribution is -2.15. The van der Waals surface area contributed by atoms with Crippen molar-refractivity contribution in [3.05, 3.63) is 24.3 Å². The number of ether oxygens (including phenoxy) is 1. The van der Waals surface area contributed by atoms with Gasteiger partial charge in [-0.2, -0.15) is 0 Å². The first-order valence-electron chi connectivity index (χ1n) is 6.26. The van der Waals surface area contributed by atoms with Crippen molar-refractivity contribution in [2.45, 2.75) is 46.1 Å². The molecule has 2 heteroatoms. The van der Waals surface area contributed by atoms with E-state index in [9.17, 15) is 0 Å². The van der Waals surface area contributed by atoms with Crippen molar-refractivity contribution >= 4 is 5.69 Å². The number of rotatable bonds is 7. The lowest BCUT2D eigenvalue weighted by atomic mass is 10.2. The Labute approximate surface area is 99.0 Å². The molecular formula is C14H23NO. The van der Waals surface area contributed by atoms with Crippen LogP contribution in [0.5, 0.6) is 5.75 Å². The lowest BCUT2D eigenvalue weighted by Gasteiger charge is -2.17. The molecule has 1 aromatic rings. The highest BCUT2D eigenvalue weighted by atomic mass is 16.5. The Kier molecular flexibility index (Phi) is 5.76. The van der Waals surface area contributed by atoms with Crippen LogP contribution in [0.2, 0.25) is 0 Å². The zero-order chi connectivity index (χ0) is 11.8. The molecule has 0 aliphatic rings. The minimum Gasteiger partial charge on any atom is -0.491 e. The zero-order valence-electron chi connectivity index (χ0n) is 10.6. The van der Waals surface area contributed by atoms with Gasteiger partial charge in [0.1, 0.15) is 5.75 Å². The fourth-order valence-electron chi connectivity index (χ4n) is 1.69. The van der Waals surface area contributed by atoms with Crippen LogP contribution in [0, 0.1) is 0 Å². The van der Waals surface area contributed by atoms with Crippen LogP contribution < -0.4 is 10.1 Å². The van der Waals surface area contributed by atoms with E-state index in [4.69, 9.17) is 4.74 Å². The molecule has 0 aliphatic heterocycles. The summed E-state index contributed by atoms with van der Waals surface area (Å²) in [6, 6.07) is 8.66. The van der Waals surface area contributed by atoms with Crippen LogP contribution in [-0.2, 0) is 0 Å². The first-order valence-corrected chi connectivity index (χ1v) is 6.26. The standard InChI is InChI=1S/C14H23NO/c1-4-8-12(3)15-13-9-6-7-10-14(13)16-11-5-2/h6-7,9-10,12,15H,4-5,8,11H2,1-3H3. The molecule has 16 heavy (non-hydrogen) atoms. The monoisotopic (exact) mass is 221 g/mol. The van der Waals surface area contributed by atoms with Gasteiger partial charge in [0.2, 0.25) is 0 Å². The first-order chi connectivity index (χ1) is 7.77. The molecule has 0 heterocycles. The third-order valence-electron chi connectivity index (χ3n) is 2.47. The van der Waals surface area contributed by atoms with E-state index in [1.807, 2.05) is 18.2 Å². The summed E-state index contributed by atoms with van der Waals surface area (Å²) in [5, 5.41) is 3.50. The van der Waals surface area contributed by atoms with E-state index >= 15 is 0 Å². The maximum absolute atomic E-state index is 5.70. The van der Waals surface area contributed by atoms with Crippen molar-refractivity contribution in [2.24, 2.45) is 0 Å². The van der Waals surface area contributed by atoms with Crippen molar-refractivity contribution in [1.82, 2.24) is 0 Å². The van der Waals surface area contributed by atoms with Gasteiger partial charge in [-0.05, 0) is 31.9 Å². The van der Waals surface area contributed by atoms with Crippen LogP contribution in [0.1, 0.15) is 40.0 Å². The summed E-state index contributed by atoms with van der Waals surface area (Å²) in [5.74, 6) is 0.965. The molecule has 1 atom stereocenters. The largest absolute Gasteiger partial charge is 0.491 e. The van der Waals surface area contributed by atoms with E-state index in [1.54, 1.807) is 0 Å². The van der Waals surface area contributed by atoms with E-state index in [0.29, 0.717) is 6.04 Å². The predicted octanol–water partition coefficient (Wildman–Crippen LogP) is 4.08. The van der Waals surface area contributed by atoms with Gasteiger partial charge < -0.3 is 10.1 Å². The number of anilines is 1. The van der Waals surface area contributed by atoms with E-state index in [0.717, 1.165) is 24.5 Å². The quantitative estimate of drug-likeness (QED) is 0.749. The summed E-state index contributed by atoms with van der Waals surface area (Å²) in [4.78, 5) is 0. The molecule has 0 amide bonds. The van der Waals surface area contributed by atoms with Gasteiger partial charge in [0.25, 0.3) is 0 Å². The maximum Gasteiger partial charge on any atom is 0.142 e. The van der Waals surface area contributed by atoms with Crippen LogP contribution in [0.3, 0.4) is 0 Å². The van der Waals surface area contributed by atoms with Gasteiger partial charge in [-0.1, -0.05) is 32.4 Å². The van der Waals surface area contributed by atoms with Crippen molar-refractivity contribution in [3.8, 4) is 5.75 Å². The topological polar surface area (TPSA) is 21.3 Å². The second-order valence-corrected chi connectivity index (χ2v) is 4.18. The highest BCUT2D eigenvalue weighted by molar-refractivity contribution is 5.56. The average molecular weight is 221 g/mol. The summed E-state index contributed by atoms with van der Waals surface area (Å²) in [6.45, 7) is 7.31. The molecule has 0 spiro atoms. The number of hydrogen-bond acceptors (Lipinski definition) is 2. The molecule has 0 aromatic heterocycles. The van der Waals surface area contributed by atoms with E-state index in [-0.39, 0.29) is 0 Å². The molecule has 2 nitrogen and oxygen atoms in total. The van der Waals surface area contributed by atoms with Crippen molar-refractivity contribution in [3.63, 3.8) is 0 Å². The van der Waals surface area contributed by atoms with Crippen molar-refractivity contribution < 1.29 is 4.74 Å². The van der Waals surface area contributed by atoms with Crippen LogP contribution in [0.4, 0.5) is 5.69 Å². The third kappa shape index (κ3) is 4.13. The van der Waals surface area contributed by atoms with Gasteiger partial charge >= 0.3 is 0 Å². The molecule has 90 valence electrons. The van der Waals surface area contributed by atoms with Gasteiger partial charge in [0, 0.05) is 6.04 Å². The molecule has 1 aromatic carbocycles. The smallest absolute Gasteiger partial charge is 0.142 e.